The van der Waals surface area contributed by atoms with Crippen LogP contribution in [0, 0.1) is 18.8 Å². The molecule has 3 rings (SSSR count). The van der Waals surface area contributed by atoms with Crippen LogP contribution in [0.1, 0.15) is 31.2 Å². The van der Waals surface area contributed by atoms with Crippen LogP contribution in [0.5, 0.6) is 5.75 Å². The van der Waals surface area contributed by atoms with E-state index in [1.54, 1.807) is 0 Å². The third kappa shape index (κ3) is 4.98. The molecule has 0 unspecified atom stereocenters. The van der Waals surface area contributed by atoms with Crippen LogP contribution in [0.25, 0.3) is 0 Å². The van der Waals surface area contributed by atoms with Crippen molar-refractivity contribution in [1.82, 2.24) is 9.80 Å². The number of ether oxygens (including phenoxy) is 1. The van der Waals surface area contributed by atoms with Gasteiger partial charge in [-0.15, -0.1) is 0 Å². The molecular formula is C21H32N2O3. The van der Waals surface area contributed by atoms with E-state index in [0.29, 0.717) is 18.4 Å². The van der Waals surface area contributed by atoms with Crippen molar-refractivity contribution in [1.29, 1.82) is 0 Å². The Morgan fingerprint density at radius 2 is 1.96 bits per heavy atom. The second kappa shape index (κ2) is 9.38. The van der Waals surface area contributed by atoms with Crippen LogP contribution in [0.4, 0.5) is 0 Å². The van der Waals surface area contributed by atoms with E-state index in [1.807, 2.05) is 18.2 Å². The lowest BCUT2D eigenvalue weighted by molar-refractivity contribution is -0.139. The maximum absolute atomic E-state index is 12.9. The molecule has 0 saturated carbocycles. The molecule has 2 aliphatic rings. The monoisotopic (exact) mass is 360 g/mol. The fraction of sp³-hybridized carbons (Fsp3) is 0.667. The summed E-state index contributed by atoms with van der Waals surface area (Å²) in [5, 5.41) is 9.05. The van der Waals surface area contributed by atoms with Gasteiger partial charge >= 0.3 is 0 Å². The van der Waals surface area contributed by atoms with Crippen LogP contribution >= 0.6 is 0 Å². The summed E-state index contributed by atoms with van der Waals surface area (Å²) in [6, 6.07) is 8.10. The standard InChI is InChI=1S/C21H32N2O3/c1-17-5-2-3-7-20(17)26-16-18-6-4-10-23(15-18)21(25)19-8-11-22(12-9-19)13-14-24/h2-3,5,7,18-19,24H,4,6,8-16H2,1H3/t18-/m1/s1. The zero-order chi connectivity index (χ0) is 18.4. The number of amides is 1. The Morgan fingerprint density at radius 1 is 1.19 bits per heavy atom. The lowest BCUT2D eigenvalue weighted by Gasteiger charge is -2.37. The third-order valence-electron chi connectivity index (χ3n) is 5.75. The lowest BCUT2D eigenvalue weighted by atomic mass is 9.92. The molecule has 1 amide bonds. The van der Waals surface area contributed by atoms with Crippen LogP contribution in [-0.4, -0.2) is 66.8 Å². The van der Waals surface area contributed by atoms with Crippen LogP contribution in [0.15, 0.2) is 24.3 Å². The van der Waals surface area contributed by atoms with Crippen molar-refractivity contribution in [3.63, 3.8) is 0 Å². The molecule has 5 nitrogen and oxygen atoms in total. The van der Waals surface area contributed by atoms with Crippen LogP contribution in [-0.2, 0) is 4.79 Å². The normalized spacial score (nSPS) is 22.4. The number of β-amino-alcohol motifs (C(OH)–C–C–N with tert-alkyl or cyclic N) is 1. The number of benzene rings is 1. The zero-order valence-corrected chi connectivity index (χ0v) is 15.9. The first-order valence-electron chi connectivity index (χ1n) is 9.98. The van der Waals surface area contributed by atoms with Gasteiger partial charge in [0.15, 0.2) is 0 Å². The molecule has 2 aliphatic heterocycles. The van der Waals surface area contributed by atoms with Gasteiger partial charge in [-0.05, 0) is 57.3 Å². The maximum Gasteiger partial charge on any atom is 0.225 e. The van der Waals surface area contributed by atoms with Crippen LogP contribution in [0.3, 0.4) is 0 Å². The number of para-hydroxylation sites is 1. The Morgan fingerprint density at radius 3 is 2.69 bits per heavy atom. The number of hydrogen-bond donors (Lipinski definition) is 1. The molecule has 0 aromatic heterocycles. The molecule has 2 heterocycles. The summed E-state index contributed by atoms with van der Waals surface area (Å²) in [7, 11) is 0. The minimum atomic E-state index is 0.154. The van der Waals surface area contributed by atoms with Crippen molar-refractivity contribution >= 4 is 5.91 Å². The number of rotatable bonds is 6. The van der Waals surface area contributed by atoms with Gasteiger partial charge in [0.1, 0.15) is 5.75 Å². The Labute approximate surface area is 156 Å². The first-order chi connectivity index (χ1) is 12.7. The fourth-order valence-electron chi connectivity index (χ4n) is 4.13. The summed E-state index contributed by atoms with van der Waals surface area (Å²) in [5.74, 6) is 1.85. The predicted molar refractivity (Wildman–Crippen MR) is 102 cm³/mol. The van der Waals surface area contributed by atoms with Crippen molar-refractivity contribution in [3.8, 4) is 5.75 Å². The highest BCUT2D eigenvalue weighted by Crippen LogP contribution is 2.25. The van der Waals surface area contributed by atoms with Gasteiger partial charge in [0.05, 0.1) is 13.2 Å². The van der Waals surface area contributed by atoms with E-state index in [-0.39, 0.29) is 12.5 Å². The van der Waals surface area contributed by atoms with Gasteiger partial charge in [-0.1, -0.05) is 18.2 Å². The SMILES string of the molecule is Cc1ccccc1OC[C@@H]1CCCN(C(=O)C2CCN(CCO)CC2)C1. The van der Waals surface area contributed by atoms with Gasteiger partial charge < -0.3 is 19.6 Å². The summed E-state index contributed by atoms with van der Waals surface area (Å²) < 4.78 is 6.02. The minimum absolute atomic E-state index is 0.154. The molecule has 1 atom stereocenters. The Bertz CT molecular complexity index is 584. The van der Waals surface area contributed by atoms with E-state index in [4.69, 9.17) is 9.84 Å². The molecule has 0 spiro atoms. The molecule has 2 fully saturated rings. The molecule has 1 aromatic rings. The van der Waals surface area contributed by atoms with E-state index in [1.165, 1.54) is 0 Å². The van der Waals surface area contributed by atoms with Gasteiger partial charge in [-0.3, -0.25) is 4.79 Å². The molecule has 1 aromatic carbocycles. The van der Waals surface area contributed by atoms with E-state index >= 15 is 0 Å². The van der Waals surface area contributed by atoms with Crippen molar-refractivity contribution < 1.29 is 14.6 Å². The number of aryl methyl sites for hydroxylation is 1. The van der Waals surface area contributed by atoms with Crippen molar-refractivity contribution in [3.05, 3.63) is 29.8 Å². The predicted octanol–water partition coefficient (Wildman–Crippen LogP) is 2.32. The van der Waals surface area contributed by atoms with Gasteiger partial charge in [0.25, 0.3) is 0 Å². The number of piperidine rings is 2. The maximum atomic E-state index is 12.9. The summed E-state index contributed by atoms with van der Waals surface area (Å²) in [4.78, 5) is 17.2. The second-order valence-corrected chi connectivity index (χ2v) is 7.71. The van der Waals surface area contributed by atoms with E-state index in [0.717, 1.165) is 69.7 Å². The van der Waals surface area contributed by atoms with E-state index < -0.39 is 0 Å². The smallest absolute Gasteiger partial charge is 0.225 e. The molecule has 0 radical (unpaired) electrons. The molecule has 5 heteroatoms. The number of likely N-dealkylation sites (tertiary alicyclic amines) is 2. The van der Waals surface area contributed by atoms with E-state index in [2.05, 4.69) is 22.8 Å². The highest BCUT2D eigenvalue weighted by Gasteiger charge is 2.31. The third-order valence-corrected chi connectivity index (χ3v) is 5.75. The highest BCUT2D eigenvalue weighted by atomic mass is 16.5. The molecule has 1 N–H and O–H groups in total. The van der Waals surface area contributed by atoms with Gasteiger partial charge in [-0.2, -0.15) is 0 Å². The average molecular weight is 360 g/mol. The van der Waals surface area contributed by atoms with Crippen molar-refractivity contribution in [2.24, 2.45) is 11.8 Å². The summed E-state index contributed by atoms with van der Waals surface area (Å²) in [6.07, 6.45) is 4.03. The molecule has 2 saturated heterocycles. The Hall–Kier alpha value is -1.59. The molecule has 0 bridgehead atoms. The molecule has 26 heavy (non-hydrogen) atoms. The first-order valence-corrected chi connectivity index (χ1v) is 9.98. The van der Waals surface area contributed by atoms with Crippen LogP contribution in [0.2, 0.25) is 0 Å². The van der Waals surface area contributed by atoms with Gasteiger partial charge in [0.2, 0.25) is 5.91 Å². The number of hydrogen-bond acceptors (Lipinski definition) is 4. The van der Waals surface area contributed by atoms with Crippen molar-refractivity contribution in [2.75, 3.05) is 45.9 Å². The summed E-state index contributed by atoms with van der Waals surface area (Å²) in [5.41, 5.74) is 1.16. The summed E-state index contributed by atoms with van der Waals surface area (Å²) in [6.45, 7) is 7.22. The lowest BCUT2D eigenvalue weighted by Crippen LogP contribution is -2.47. The van der Waals surface area contributed by atoms with E-state index in [9.17, 15) is 4.79 Å². The van der Waals surface area contributed by atoms with Crippen LogP contribution < -0.4 is 4.74 Å². The van der Waals surface area contributed by atoms with Gasteiger partial charge in [-0.25, -0.2) is 0 Å². The topological polar surface area (TPSA) is 53.0 Å². The molecule has 144 valence electrons. The van der Waals surface area contributed by atoms with Gasteiger partial charge in [0, 0.05) is 31.5 Å². The quantitative estimate of drug-likeness (QED) is 0.846. The average Bonchev–Trinajstić information content (AvgIpc) is 2.68. The summed E-state index contributed by atoms with van der Waals surface area (Å²) >= 11 is 0. The number of aliphatic hydroxyl groups is 1. The Balaban J connectivity index is 1.47. The number of nitrogens with zero attached hydrogens (tertiary/aromatic N) is 2. The first kappa shape index (κ1) is 19.2. The second-order valence-electron chi connectivity index (χ2n) is 7.71. The number of carbonyl (C=O) groups excluding carboxylic acids is 1. The van der Waals surface area contributed by atoms with Crippen molar-refractivity contribution in [2.45, 2.75) is 32.6 Å². The zero-order valence-electron chi connectivity index (χ0n) is 15.9. The molecular weight excluding hydrogens is 328 g/mol. The Kier molecular flexibility index (Phi) is 6.92. The highest BCUT2D eigenvalue weighted by molar-refractivity contribution is 5.79. The fourth-order valence-corrected chi connectivity index (χ4v) is 4.13. The number of aliphatic hydroxyl groups excluding tert-OH is 1. The number of carbonyl (C=O) groups is 1. The minimum Gasteiger partial charge on any atom is -0.493 e. The molecule has 0 aliphatic carbocycles. The largest absolute Gasteiger partial charge is 0.493 e.